The number of carbonyl (C=O) groups is 1. The second-order valence-corrected chi connectivity index (χ2v) is 6.00. The Hall–Kier alpha value is -3.23. The molecule has 0 unspecified atom stereocenters. The number of amides is 1. The summed E-state index contributed by atoms with van der Waals surface area (Å²) in [5, 5.41) is 6.34. The zero-order valence-electron chi connectivity index (χ0n) is 14.5. The second kappa shape index (κ2) is 8.20. The van der Waals surface area contributed by atoms with Gasteiger partial charge < -0.3 is 9.84 Å². The number of rotatable bonds is 6. The van der Waals surface area contributed by atoms with E-state index in [1.807, 2.05) is 0 Å². The zero-order valence-corrected chi connectivity index (χ0v) is 14.5. The quantitative estimate of drug-likeness (QED) is 0.608. The highest BCUT2D eigenvalue weighted by Gasteiger charge is 2.29. The van der Waals surface area contributed by atoms with Crippen LogP contribution in [0.4, 0.5) is 23.2 Å². The molecule has 0 aliphatic carbocycles. The fraction of sp³-hybridized carbons (Fsp3) is 0.211. The minimum absolute atomic E-state index is 0.134. The molecule has 3 rings (SSSR count). The Balaban J connectivity index is 1.47. The maximum Gasteiger partial charge on any atom is 0.416 e. The maximum atomic E-state index is 12.9. The molecule has 1 amide bonds. The van der Waals surface area contributed by atoms with Crippen molar-refractivity contribution >= 4 is 11.6 Å². The van der Waals surface area contributed by atoms with Crippen LogP contribution < -0.4 is 5.32 Å². The number of benzene rings is 2. The van der Waals surface area contributed by atoms with Gasteiger partial charge in [-0.05, 0) is 55.0 Å². The lowest BCUT2D eigenvalue weighted by atomic mass is 10.2. The maximum absolute atomic E-state index is 12.9. The van der Waals surface area contributed by atoms with Crippen molar-refractivity contribution in [2.24, 2.45) is 0 Å². The van der Waals surface area contributed by atoms with E-state index in [4.69, 9.17) is 4.52 Å². The molecule has 0 aliphatic rings. The van der Waals surface area contributed by atoms with Crippen molar-refractivity contribution < 1.29 is 26.9 Å². The van der Waals surface area contributed by atoms with Gasteiger partial charge in [0.25, 0.3) is 0 Å². The van der Waals surface area contributed by atoms with Gasteiger partial charge in [0.15, 0.2) is 0 Å². The molecule has 0 saturated heterocycles. The van der Waals surface area contributed by atoms with Crippen LogP contribution in [0.5, 0.6) is 0 Å². The predicted octanol–water partition coefficient (Wildman–Crippen LogP) is 4.86. The van der Waals surface area contributed by atoms with E-state index in [0.29, 0.717) is 30.1 Å². The highest BCUT2D eigenvalue weighted by molar-refractivity contribution is 5.90. The highest BCUT2D eigenvalue weighted by atomic mass is 19.4. The van der Waals surface area contributed by atoms with Crippen LogP contribution in [0.25, 0.3) is 11.4 Å². The number of hydrogen-bond donors (Lipinski definition) is 1. The first-order valence-corrected chi connectivity index (χ1v) is 8.37. The second-order valence-electron chi connectivity index (χ2n) is 6.00. The topological polar surface area (TPSA) is 68.0 Å². The number of anilines is 1. The predicted molar refractivity (Wildman–Crippen MR) is 92.7 cm³/mol. The SMILES string of the molecule is O=C(CCCc1nc(-c2ccc(F)cc2)no1)Nc1ccc(C(F)(F)F)cc1. The number of hydrogen-bond acceptors (Lipinski definition) is 4. The zero-order chi connectivity index (χ0) is 20.1. The summed E-state index contributed by atoms with van der Waals surface area (Å²) in [5.74, 6) is -0.0459. The van der Waals surface area contributed by atoms with E-state index < -0.39 is 11.7 Å². The van der Waals surface area contributed by atoms with E-state index in [1.165, 1.54) is 36.4 Å². The number of aryl methyl sites for hydroxylation is 1. The van der Waals surface area contributed by atoms with E-state index in [0.717, 1.165) is 12.1 Å². The standard InChI is InChI=1S/C19H15F4N3O2/c20-14-8-4-12(5-9-14)18-25-17(28-26-18)3-1-2-16(27)24-15-10-6-13(7-11-15)19(21,22)23/h4-11H,1-3H2,(H,24,27). The number of aromatic nitrogens is 2. The van der Waals surface area contributed by atoms with Crippen molar-refractivity contribution in [2.45, 2.75) is 25.4 Å². The third-order valence-electron chi connectivity index (χ3n) is 3.86. The Labute approximate surface area is 157 Å². The first-order valence-electron chi connectivity index (χ1n) is 8.37. The van der Waals surface area contributed by atoms with Crippen molar-refractivity contribution in [3.8, 4) is 11.4 Å². The van der Waals surface area contributed by atoms with Crippen LogP contribution in [0.2, 0.25) is 0 Å². The first-order chi connectivity index (χ1) is 13.3. The molecular formula is C19H15F4N3O2. The molecule has 0 bridgehead atoms. The van der Waals surface area contributed by atoms with Gasteiger partial charge in [-0.2, -0.15) is 18.2 Å². The molecule has 0 aliphatic heterocycles. The molecule has 0 radical (unpaired) electrons. The van der Waals surface area contributed by atoms with Gasteiger partial charge in [-0.3, -0.25) is 4.79 Å². The summed E-state index contributed by atoms with van der Waals surface area (Å²) in [7, 11) is 0. The summed E-state index contributed by atoms with van der Waals surface area (Å²) < 4.78 is 55.6. The van der Waals surface area contributed by atoms with Gasteiger partial charge in [-0.25, -0.2) is 4.39 Å². The lowest BCUT2D eigenvalue weighted by molar-refractivity contribution is -0.137. The molecule has 0 fully saturated rings. The Bertz CT molecular complexity index is 935. The summed E-state index contributed by atoms with van der Waals surface area (Å²) in [6.07, 6.45) is -3.51. The normalized spacial score (nSPS) is 11.4. The Morgan fingerprint density at radius 1 is 1.04 bits per heavy atom. The smallest absolute Gasteiger partial charge is 0.339 e. The molecule has 28 heavy (non-hydrogen) atoms. The average Bonchev–Trinajstić information content (AvgIpc) is 3.11. The largest absolute Gasteiger partial charge is 0.416 e. The van der Waals surface area contributed by atoms with Gasteiger partial charge in [0, 0.05) is 24.1 Å². The fourth-order valence-electron chi connectivity index (χ4n) is 2.44. The van der Waals surface area contributed by atoms with E-state index >= 15 is 0 Å². The summed E-state index contributed by atoms with van der Waals surface area (Å²) in [6.45, 7) is 0. The van der Waals surface area contributed by atoms with Crippen LogP contribution >= 0.6 is 0 Å². The molecule has 0 atom stereocenters. The van der Waals surface area contributed by atoms with Crippen LogP contribution in [0, 0.1) is 5.82 Å². The Morgan fingerprint density at radius 2 is 1.71 bits per heavy atom. The third-order valence-corrected chi connectivity index (χ3v) is 3.86. The minimum atomic E-state index is -4.42. The molecule has 0 spiro atoms. The van der Waals surface area contributed by atoms with Crippen molar-refractivity contribution in [2.75, 3.05) is 5.32 Å². The van der Waals surface area contributed by atoms with Gasteiger partial charge in [0.05, 0.1) is 5.56 Å². The van der Waals surface area contributed by atoms with Crippen LogP contribution in [0.15, 0.2) is 53.1 Å². The monoisotopic (exact) mass is 393 g/mol. The third kappa shape index (κ3) is 5.15. The average molecular weight is 393 g/mol. The van der Waals surface area contributed by atoms with Gasteiger partial charge in [0.2, 0.25) is 17.6 Å². The van der Waals surface area contributed by atoms with E-state index in [2.05, 4.69) is 15.5 Å². The molecular weight excluding hydrogens is 378 g/mol. The highest BCUT2D eigenvalue weighted by Crippen LogP contribution is 2.29. The lowest BCUT2D eigenvalue weighted by Crippen LogP contribution is -2.12. The fourth-order valence-corrected chi connectivity index (χ4v) is 2.44. The number of nitrogens with one attached hydrogen (secondary N) is 1. The van der Waals surface area contributed by atoms with Gasteiger partial charge in [-0.15, -0.1) is 0 Å². The first kappa shape index (κ1) is 19.5. The van der Waals surface area contributed by atoms with Crippen molar-refractivity contribution in [3.05, 3.63) is 65.8 Å². The van der Waals surface area contributed by atoms with Gasteiger partial charge in [-0.1, -0.05) is 5.16 Å². The molecule has 146 valence electrons. The van der Waals surface area contributed by atoms with Gasteiger partial charge >= 0.3 is 6.18 Å². The molecule has 0 saturated carbocycles. The van der Waals surface area contributed by atoms with E-state index in [9.17, 15) is 22.4 Å². The summed E-state index contributed by atoms with van der Waals surface area (Å²) in [5.41, 5.74) is 0.115. The van der Waals surface area contributed by atoms with Crippen molar-refractivity contribution in [1.29, 1.82) is 0 Å². The molecule has 5 nitrogen and oxygen atoms in total. The number of halogens is 4. The molecule has 9 heteroatoms. The molecule has 2 aromatic carbocycles. The van der Waals surface area contributed by atoms with Crippen LogP contribution in [-0.2, 0) is 17.4 Å². The summed E-state index contributed by atoms with van der Waals surface area (Å²) in [6, 6.07) is 9.86. The number of alkyl halides is 3. The van der Waals surface area contributed by atoms with E-state index in [1.54, 1.807) is 0 Å². The molecule has 1 N–H and O–H groups in total. The number of carbonyl (C=O) groups excluding carboxylic acids is 1. The Kier molecular flexibility index (Phi) is 5.72. The summed E-state index contributed by atoms with van der Waals surface area (Å²) in [4.78, 5) is 16.1. The molecule has 1 aromatic heterocycles. The van der Waals surface area contributed by atoms with Crippen LogP contribution in [0.1, 0.15) is 24.3 Å². The van der Waals surface area contributed by atoms with Crippen LogP contribution in [-0.4, -0.2) is 16.0 Å². The van der Waals surface area contributed by atoms with Crippen molar-refractivity contribution in [1.82, 2.24) is 10.1 Å². The molecule has 3 aromatic rings. The van der Waals surface area contributed by atoms with Gasteiger partial charge in [0.1, 0.15) is 5.82 Å². The minimum Gasteiger partial charge on any atom is -0.339 e. The van der Waals surface area contributed by atoms with Crippen LogP contribution in [0.3, 0.4) is 0 Å². The van der Waals surface area contributed by atoms with Crippen molar-refractivity contribution in [3.63, 3.8) is 0 Å². The summed E-state index contributed by atoms with van der Waals surface area (Å²) >= 11 is 0. The Morgan fingerprint density at radius 3 is 2.36 bits per heavy atom. The van der Waals surface area contributed by atoms with E-state index in [-0.39, 0.29) is 23.8 Å². The number of nitrogens with zero attached hydrogens (tertiary/aromatic N) is 2. The lowest BCUT2D eigenvalue weighted by Gasteiger charge is -2.08. The molecule has 1 heterocycles.